The molecular formula is C18H26BrNO2. The maximum Gasteiger partial charge on any atom is 0.168 e. The fourth-order valence-electron chi connectivity index (χ4n) is 4.24. The Kier molecular flexibility index (Phi) is 4.66. The van der Waals surface area contributed by atoms with Gasteiger partial charge in [-0.25, -0.2) is 0 Å². The number of halogens is 1. The van der Waals surface area contributed by atoms with Crippen LogP contribution in [0.1, 0.15) is 56.7 Å². The smallest absolute Gasteiger partial charge is 0.168 e. The number of hydrogen-bond acceptors (Lipinski definition) is 3. The fourth-order valence-corrected chi connectivity index (χ4v) is 4.62. The van der Waals surface area contributed by atoms with E-state index < -0.39 is 0 Å². The molecule has 2 aliphatic carbocycles. The molecule has 3 aliphatic rings. The van der Waals surface area contributed by atoms with Crippen LogP contribution in [0, 0.1) is 5.41 Å². The van der Waals surface area contributed by atoms with Gasteiger partial charge in [0.15, 0.2) is 5.79 Å². The van der Waals surface area contributed by atoms with Crippen molar-refractivity contribution in [3.05, 3.63) is 33.8 Å². The fraction of sp³-hybridized carbons (Fsp3) is 0.667. The minimum absolute atomic E-state index is 0.147. The van der Waals surface area contributed by atoms with Crippen LogP contribution in [0.3, 0.4) is 0 Å². The summed E-state index contributed by atoms with van der Waals surface area (Å²) in [6, 6.07) is 6.69. The molecule has 0 amide bonds. The lowest BCUT2D eigenvalue weighted by Gasteiger charge is -2.44. The highest BCUT2D eigenvalue weighted by Crippen LogP contribution is 2.56. The van der Waals surface area contributed by atoms with Crippen LogP contribution in [0.5, 0.6) is 0 Å². The number of benzene rings is 1. The molecule has 0 radical (unpaired) electrons. The average Bonchev–Trinajstić information content (AvgIpc) is 3.11. The van der Waals surface area contributed by atoms with Gasteiger partial charge in [-0.05, 0) is 47.9 Å². The lowest BCUT2D eigenvalue weighted by atomic mass is 9.68. The summed E-state index contributed by atoms with van der Waals surface area (Å²) in [6.07, 6.45) is 5.26. The van der Waals surface area contributed by atoms with Crippen LogP contribution in [0.25, 0.3) is 0 Å². The van der Waals surface area contributed by atoms with Crippen molar-refractivity contribution in [2.24, 2.45) is 11.1 Å². The van der Waals surface area contributed by atoms with Crippen molar-refractivity contribution in [2.45, 2.75) is 57.8 Å². The molecule has 4 heteroatoms. The number of rotatable bonds is 0. The second-order valence-corrected chi connectivity index (χ2v) is 7.38. The molecule has 4 rings (SSSR count). The first-order valence-electron chi connectivity index (χ1n) is 8.44. The lowest BCUT2D eigenvalue weighted by Crippen LogP contribution is -2.43. The topological polar surface area (TPSA) is 44.5 Å². The first kappa shape index (κ1) is 16.4. The Hall–Kier alpha value is -0.420. The van der Waals surface area contributed by atoms with Crippen molar-refractivity contribution in [1.82, 2.24) is 0 Å². The Morgan fingerprint density at radius 2 is 1.73 bits per heavy atom. The Balaban J connectivity index is 0.000000693. The Morgan fingerprint density at radius 1 is 1.09 bits per heavy atom. The van der Waals surface area contributed by atoms with E-state index in [-0.39, 0.29) is 17.2 Å². The van der Waals surface area contributed by atoms with Crippen molar-refractivity contribution >= 4 is 15.9 Å². The average molecular weight is 368 g/mol. The second kappa shape index (κ2) is 6.23. The van der Waals surface area contributed by atoms with E-state index in [2.05, 4.69) is 34.1 Å². The summed E-state index contributed by atoms with van der Waals surface area (Å²) < 4.78 is 12.8. The lowest BCUT2D eigenvalue weighted by molar-refractivity contribution is -0.192. The van der Waals surface area contributed by atoms with Crippen molar-refractivity contribution in [2.75, 3.05) is 13.2 Å². The van der Waals surface area contributed by atoms with E-state index in [9.17, 15) is 0 Å². The van der Waals surface area contributed by atoms with Crippen LogP contribution in [0.4, 0.5) is 0 Å². The molecule has 1 aromatic rings. The highest BCUT2D eigenvalue weighted by atomic mass is 79.9. The molecule has 22 heavy (non-hydrogen) atoms. The highest BCUT2D eigenvalue weighted by Gasteiger charge is 2.51. The monoisotopic (exact) mass is 367 g/mol. The van der Waals surface area contributed by atoms with E-state index in [4.69, 9.17) is 15.2 Å². The van der Waals surface area contributed by atoms with Gasteiger partial charge in [0.1, 0.15) is 0 Å². The molecule has 2 N–H and O–H groups in total. The number of nitrogens with two attached hydrogens (primary N) is 1. The summed E-state index contributed by atoms with van der Waals surface area (Å²) in [4.78, 5) is 0. The van der Waals surface area contributed by atoms with Crippen molar-refractivity contribution in [3.8, 4) is 0 Å². The molecular weight excluding hydrogens is 342 g/mol. The Bertz CT molecular complexity index is 530. The zero-order chi connectivity index (χ0) is 15.8. The van der Waals surface area contributed by atoms with Crippen LogP contribution < -0.4 is 5.73 Å². The number of ether oxygens (including phenoxy) is 2. The third-order valence-electron chi connectivity index (χ3n) is 5.47. The van der Waals surface area contributed by atoms with E-state index in [1.807, 2.05) is 13.8 Å². The molecule has 3 nitrogen and oxygen atoms in total. The molecule has 1 heterocycles. The molecule has 1 atom stereocenters. The molecule has 1 aliphatic heterocycles. The minimum atomic E-state index is -0.291. The molecule has 1 unspecified atom stereocenters. The zero-order valence-electron chi connectivity index (χ0n) is 13.5. The highest BCUT2D eigenvalue weighted by molar-refractivity contribution is 9.10. The van der Waals surface area contributed by atoms with Crippen LogP contribution in [0.15, 0.2) is 22.7 Å². The quantitative estimate of drug-likeness (QED) is 0.741. The van der Waals surface area contributed by atoms with Gasteiger partial charge in [0.05, 0.1) is 13.2 Å². The molecule has 0 aromatic heterocycles. The maximum atomic E-state index is 6.61. The van der Waals surface area contributed by atoms with Crippen molar-refractivity contribution in [3.63, 3.8) is 0 Å². The predicted molar refractivity (Wildman–Crippen MR) is 91.7 cm³/mol. The van der Waals surface area contributed by atoms with Gasteiger partial charge in [-0.3, -0.25) is 0 Å². The second-order valence-electron chi connectivity index (χ2n) is 6.47. The SMILES string of the molecule is CC.NC1c2cc(Br)ccc2CC12CCC1(CC2)OCCO1. The minimum Gasteiger partial charge on any atom is -0.348 e. The molecule has 1 saturated heterocycles. The molecule has 2 fully saturated rings. The van der Waals surface area contributed by atoms with Gasteiger partial charge in [0.25, 0.3) is 0 Å². The van der Waals surface area contributed by atoms with Gasteiger partial charge in [-0.1, -0.05) is 35.8 Å². The number of hydrogen-bond donors (Lipinski definition) is 1. The maximum absolute atomic E-state index is 6.61. The van der Waals surface area contributed by atoms with Gasteiger partial charge in [-0.2, -0.15) is 0 Å². The van der Waals surface area contributed by atoms with E-state index in [0.717, 1.165) is 49.8 Å². The van der Waals surface area contributed by atoms with Crippen LogP contribution in [-0.2, 0) is 15.9 Å². The van der Waals surface area contributed by atoms with E-state index in [0.29, 0.717) is 0 Å². The largest absolute Gasteiger partial charge is 0.348 e. The summed E-state index contributed by atoms with van der Waals surface area (Å²) in [6.45, 7) is 5.48. The normalized spacial score (nSPS) is 27.5. The van der Waals surface area contributed by atoms with E-state index in [1.54, 1.807) is 0 Å². The Morgan fingerprint density at radius 3 is 2.36 bits per heavy atom. The van der Waals surface area contributed by atoms with Gasteiger partial charge in [0.2, 0.25) is 0 Å². The van der Waals surface area contributed by atoms with Crippen molar-refractivity contribution < 1.29 is 9.47 Å². The summed E-state index contributed by atoms with van der Waals surface area (Å²) in [7, 11) is 0. The van der Waals surface area contributed by atoms with Gasteiger partial charge in [-0.15, -0.1) is 0 Å². The molecule has 2 spiro atoms. The number of fused-ring (bicyclic) bond motifs is 1. The zero-order valence-corrected chi connectivity index (χ0v) is 15.1. The predicted octanol–water partition coefficient (Wildman–Crippen LogP) is 4.33. The summed E-state index contributed by atoms with van der Waals surface area (Å²) in [5.74, 6) is -0.291. The standard InChI is InChI=1S/C16H20BrNO2.C2H6/c17-12-2-1-11-10-15(14(18)13(11)9-12)3-5-16(6-4-15)19-7-8-20-16;1-2/h1-2,9,14H,3-8,10,18H2;1-2H3. The third kappa shape index (κ3) is 2.64. The summed E-state index contributed by atoms with van der Waals surface area (Å²) in [5, 5.41) is 0. The van der Waals surface area contributed by atoms with E-state index >= 15 is 0 Å². The molecule has 1 aromatic carbocycles. The van der Waals surface area contributed by atoms with Crippen LogP contribution in [0.2, 0.25) is 0 Å². The molecule has 1 saturated carbocycles. The first-order valence-corrected chi connectivity index (χ1v) is 9.24. The first-order chi connectivity index (χ1) is 10.6. The van der Waals surface area contributed by atoms with Crippen LogP contribution in [-0.4, -0.2) is 19.0 Å². The van der Waals surface area contributed by atoms with Gasteiger partial charge in [0, 0.05) is 23.4 Å². The third-order valence-corrected chi connectivity index (χ3v) is 5.96. The van der Waals surface area contributed by atoms with E-state index in [1.165, 1.54) is 11.1 Å². The van der Waals surface area contributed by atoms with Gasteiger partial charge < -0.3 is 15.2 Å². The van der Waals surface area contributed by atoms with Gasteiger partial charge >= 0.3 is 0 Å². The van der Waals surface area contributed by atoms with Crippen LogP contribution >= 0.6 is 15.9 Å². The van der Waals surface area contributed by atoms with Crippen molar-refractivity contribution in [1.29, 1.82) is 0 Å². The Labute approximate surface area is 141 Å². The molecule has 0 bridgehead atoms. The molecule has 122 valence electrons. The summed E-state index contributed by atoms with van der Waals surface area (Å²) >= 11 is 3.56. The summed E-state index contributed by atoms with van der Waals surface area (Å²) in [5.41, 5.74) is 9.57.